The number of rotatable bonds is 5. The van der Waals surface area contributed by atoms with E-state index in [2.05, 4.69) is 26.0 Å². The van der Waals surface area contributed by atoms with Gasteiger partial charge >= 0.3 is 0 Å². The lowest BCUT2D eigenvalue weighted by Crippen LogP contribution is -2.25. The van der Waals surface area contributed by atoms with Crippen LogP contribution in [0, 0.1) is 5.92 Å². The highest BCUT2D eigenvalue weighted by molar-refractivity contribution is 5.13. The number of hydrogen-bond donors (Lipinski definition) is 0. The SMILES string of the molecule is CC(C)C[C@@H]1C[C@H](OCc2ccccc2)C=CO1. The number of benzene rings is 1. The van der Waals surface area contributed by atoms with E-state index in [-0.39, 0.29) is 6.10 Å². The van der Waals surface area contributed by atoms with Gasteiger partial charge in [-0.1, -0.05) is 44.2 Å². The monoisotopic (exact) mass is 246 g/mol. The summed E-state index contributed by atoms with van der Waals surface area (Å²) in [6.45, 7) is 5.12. The molecule has 0 amide bonds. The van der Waals surface area contributed by atoms with E-state index in [4.69, 9.17) is 9.47 Å². The van der Waals surface area contributed by atoms with Crippen LogP contribution in [0.25, 0.3) is 0 Å². The zero-order valence-corrected chi connectivity index (χ0v) is 11.2. The molecule has 1 aliphatic rings. The second kappa shape index (κ2) is 6.60. The first-order chi connectivity index (χ1) is 8.74. The lowest BCUT2D eigenvalue weighted by Gasteiger charge is -2.26. The maximum absolute atomic E-state index is 5.91. The number of hydrogen-bond acceptors (Lipinski definition) is 2. The molecule has 2 atom stereocenters. The summed E-state index contributed by atoms with van der Waals surface area (Å²) in [5.74, 6) is 0.663. The highest BCUT2D eigenvalue weighted by atomic mass is 16.5. The van der Waals surface area contributed by atoms with Crippen LogP contribution in [0.5, 0.6) is 0 Å². The maximum atomic E-state index is 5.91. The third-order valence-corrected chi connectivity index (χ3v) is 3.10. The predicted octanol–water partition coefficient (Wildman–Crippen LogP) is 3.92. The van der Waals surface area contributed by atoms with E-state index < -0.39 is 0 Å². The average molecular weight is 246 g/mol. The third-order valence-electron chi connectivity index (χ3n) is 3.10. The minimum absolute atomic E-state index is 0.183. The van der Waals surface area contributed by atoms with Gasteiger partial charge in [0.1, 0.15) is 6.10 Å². The van der Waals surface area contributed by atoms with Crippen molar-refractivity contribution >= 4 is 0 Å². The van der Waals surface area contributed by atoms with Gasteiger partial charge in [0.25, 0.3) is 0 Å². The Labute approximate surface area is 110 Å². The van der Waals surface area contributed by atoms with Crippen LogP contribution in [-0.4, -0.2) is 12.2 Å². The summed E-state index contributed by atoms with van der Waals surface area (Å²) in [6.07, 6.45) is 6.35. The molecule has 0 N–H and O–H groups in total. The topological polar surface area (TPSA) is 18.5 Å². The van der Waals surface area contributed by atoms with Gasteiger partial charge in [-0.25, -0.2) is 0 Å². The smallest absolute Gasteiger partial charge is 0.101 e. The highest BCUT2D eigenvalue weighted by Gasteiger charge is 2.20. The van der Waals surface area contributed by atoms with Gasteiger partial charge in [0.15, 0.2) is 0 Å². The summed E-state index contributed by atoms with van der Waals surface area (Å²) in [5.41, 5.74) is 1.22. The molecule has 98 valence electrons. The number of ether oxygens (including phenoxy) is 2. The van der Waals surface area contributed by atoms with E-state index in [0.717, 1.165) is 12.8 Å². The maximum Gasteiger partial charge on any atom is 0.101 e. The molecule has 0 saturated heterocycles. The van der Waals surface area contributed by atoms with Gasteiger partial charge in [-0.2, -0.15) is 0 Å². The van der Waals surface area contributed by atoms with Crippen molar-refractivity contribution in [2.45, 2.75) is 45.5 Å². The summed E-state index contributed by atoms with van der Waals surface area (Å²) in [6, 6.07) is 10.3. The normalized spacial score (nSPS) is 23.1. The first kappa shape index (κ1) is 13.2. The standard InChI is InChI=1S/C16H22O2/c1-13(2)10-16-11-15(8-9-17-16)18-12-14-6-4-3-5-7-14/h3-9,13,15-16H,10-12H2,1-2H3/t15-,16-/m1/s1. The van der Waals surface area contributed by atoms with Crippen molar-refractivity contribution in [3.05, 3.63) is 48.2 Å². The zero-order chi connectivity index (χ0) is 12.8. The molecule has 18 heavy (non-hydrogen) atoms. The van der Waals surface area contributed by atoms with Crippen LogP contribution in [0.2, 0.25) is 0 Å². The Bertz CT molecular complexity index is 370. The molecule has 0 aliphatic carbocycles. The van der Waals surface area contributed by atoms with E-state index >= 15 is 0 Å². The van der Waals surface area contributed by atoms with Crippen molar-refractivity contribution in [3.8, 4) is 0 Å². The molecule has 1 aliphatic heterocycles. The summed E-state index contributed by atoms with van der Waals surface area (Å²) in [5, 5.41) is 0. The van der Waals surface area contributed by atoms with Crippen LogP contribution in [0.15, 0.2) is 42.7 Å². The van der Waals surface area contributed by atoms with E-state index in [1.807, 2.05) is 24.3 Å². The minimum Gasteiger partial charge on any atom is -0.498 e. The van der Waals surface area contributed by atoms with Crippen molar-refractivity contribution in [1.82, 2.24) is 0 Å². The van der Waals surface area contributed by atoms with Crippen molar-refractivity contribution < 1.29 is 9.47 Å². The molecule has 0 fully saturated rings. The Hall–Kier alpha value is -1.28. The minimum atomic E-state index is 0.183. The first-order valence-electron chi connectivity index (χ1n) is 6.71. The summed E-state index contributed by atoms with van der Waals surface area (Å²) < 4.78 is 11.5. The van der Waals surface area contributed by atoms with E-state index in [9.17, 15) is 0 Å². The highest BCUT2D eigenvalue weighted by Crippen LogP contribution is 2.21. The van der Waals surface area contributed by atoms with Gasteiger partial charge in [-0.3, -0.25) is 0 Å². The molecule has 1 aromatic rings. The van der Waals surface area contributed by atoms with Crippen LogP contribution >= 0.6 is 0 Å². The lowest BCUT2D eigenvalue weighted by atomic mass is 10.00. The Morgan fingerprint density at radius 3 is 2.78 bits per heavy atom. The van der Waals surface area contributed by atoms with Crippen LogP contribution < -0.4 is 0 Å². The van der Waals surface area contributed by atoms with E-state index in [1.54, 1.807) is 6.26 Å². The van der Waals surface area contributed by atoms with E-state index in [0.29, 0.717) is 18.6 Å². The fraction of sp³-hybridized carbons (Fsp3) is 0.500. The van der Waals surface area contributed by atoms with Crippen LogP contribution in [0.4, 0.5) is 0 Å². The Kier molecular flexibility index (Phi) is 4.82. The van der Waals surface area contributed by atoms with Gasteiger partial charge in [0.2, 0.25) is 0 Å². The van der Waals surface area contributed by atoms with Crippen LogP contribution in [-0.2, 0) is 16.1 Å². The van der Waals surface area contributed by atoms with Crippen molar-refractivity contribution in [1.29, 1.82) is 0 Å². The van der Waals surface area contributed by atoms with Crippen molar-refractivity contribution in [3.63, 3.8) is 0 Å². The van der Waals surface area contributed by atoms with Crippen molar-refractivity contribution in [2.75, 3.05) is 0 Å². The second-order valence-electron chi connectivity index (χ2n) is 5.29. The lowest BCUT2D eigenvalue weighted by molar-refractivity contribution is 0.00137. The molecular formula is C16H22O2. The second-order valence-corrected chi connectivity index (χ2v) is 5.29. The summed E-state index contributed by atoms with van der Waals surface area (Å²) >= 11 is 0. The van der Waals surface area contributed by atoms with Gasteiger partial charge < -0.3 is 9.47 Å². The molecule has 0 aromatic heterocycles. The molecule has 0 bridgehead atoms. The molecular weight excluding hydrogens is 224 g/mol. The molecule has 1 heterocycles. The molecule has 2 rings (SSSR count). The average Bonchev–Trinajstić information content (AvgIpc) is 2.37. The Morgan fingerprint density at radius 2 is 2.06 bits per heavy atom. The van der Waals surface area contributed by atoms with Gasteiger partial charge in [0.05, 0.1) is 19.0 Å². The quantitative estimate of drug-likeness (QED) is 0.784. The Balaban J connectivity index is 1.80. The van der Waals surface area contributed by atoms with Gasteiger partial charge in [-0.05, 0) is 24.0 Å². The van der Waals surface area contributed by atoms with Crippen LogP contribution in [0.1, 0.15) is 32.3 Å². The largest absolute Gasteiger partial charge is 0.498 e. The zero-order valence-electron chi connectivity index (χ0n) is 11.2. The molecule has 1 aromatic carbocycles. The fourth-order valence-corrected chi connectivity index (χ4v) is 2.22. The van der Waals surface area contributed by atoms with Gasteiger partial charge in [-0.15, -0.1) is 0 Å². The third kappa shape index (κ3) is 4.19. The fourth-order valence-electron chi connectivity index (χ4n) is 2.22. The molecule has 0 saturated carbocycles. The van der Waals surface area contributed by atoms with Crippen LogP contribution in [0.3, 0.4) is 0 Å². The summed E-state index contributed by atoms with van der Waals surface area (Å²) in [4.78, 5) is 0. The van der Waals surface area contributed by atoms with Gasteiger partial charge in [0, 0.05) is 6.42 Å². The molecule has 0 spiro atoms. The molecule has 0 radical (unpaired) electrons. The predicted molar refractivity (Wildman–Crippen MR) is 73.1 cm³/mol. The van der Waals surface area contributed by atoms with E-state index in [1.165, 1.54) is 5.56 Å². The first-order valence-corrected chi connectivity index (χ1v) is 6.71. The van der Waals surface area contributed by atoms with Crippen molar-refractivity contribution in [2.24, 2.45) is 5.92 Å². The molecule has 0 unspecified atom stereocenters. The Morgan fingerprint density at radius 1 is 1.28 bits per heavy atom. The molecule has 2 heteroatoms. The summed E-state index contributed by atoms with van der Waals surface area (Å²) in [7, 11) is 0. The molecule has 2 nitrogen and oxygen atoms in total.